The summed E-state index contributed by atoms with van der Waals surface area (Å²) in [4.78, 5) is 0. The fraction of sp³-hybridized carbons (Fsp3) is 0.455. The molecule has 0 spiro atoms. The van der Waals surface area contributed by atoms with Crippen molar-refractivity contribution < 1.29 is 17.7 Å². The standard InChI is InChI=1S/C22H31NO4S/c1-22(2,3)19-12-8-18(9-13-19)16-20(24)7-5-4-6-17-10-14-21(15-11-17)27-28(23,25)26/h8-15,20,24H,4-7,16H2,1-3H3,(H2,23,25,26). The number of hydrogen-bond donors (Lipinski definition) is 2. The molecule has 1 atom stereocenters. The average Bonchev–Trinajstić information content (AvgIpc) is 2.58. The molecule has 0 saturated carbocycles. The molecule has 2 aromatic rings. The molecule has 1 unspecified atom stereocenters. The number of aliphatic hydroxyl groups is 1. The van der Waals surface area contributed by atoms with Gasteiger partial charge < -0.3 is 9.29 Å². The van der Waals surface area contributed by atoms with E-state index in [1.165, 1.54) is 5.56 Å². The van der Waals surface area contributed by atoms with Gasteiger partial charge in [0.1, 0.15) is 5.75 Å². The van der Waals surface area contributed by atoms with Crippen molar-refractivity contribution in [2.75, 3.05) is 0 Å². The Morgan fingerprint density at radius 3 is 2.07 bits per heavy atom. The molecule has 5 nitrogen and oxygen atoms in total. The highest BCUT2D eigenvalue weighted by Gasteiger charge is 2.13. The molecule has 0 aromatic heterocycles. The third-order valence-electron chi connectivity index (χ3n) is 4.68. The van der Waals surface area contributed by atoms with Gasteiger partial charge >= 0.3 is 10.3 Å². The van der Waals surface area contributed by atoms with Crippen molar-refractivity contribution in [3.8, 4) is 5.75 Å². The van der Waals surface area contributed by atoms with E-state index in [2.05, 4.69) is 49.2 Å². The predicted octanol–water partition coefficient (Wildman–Crippen LogP) is 3.88. The quantitative estimate of drug-likeness (QED) is 0.620. The van der Waals surface area contributed by atoms with Crippen LogP contribution in [0.5, 0.6) is 5.75 Å². The van der Waals surface area contributed by atoms with Crippen LogP contribution in [0.3, 0.4) is 0 Å². The number of aliphatic hydroxyl groups excluding tert-OH is 1. The van der Waals surface area contributed by atoms with Gasteiger partial charge in [0, 0.05) is 0 Å². The van der Waals surface area contributed by atoms with Crippen molar-refractivity contribution in [3.05, 3.63) is 65.2 Å². The molecule has 3 N–H and O–H groups in total. The van der Waals surface area contributed by atoms with Gasteiger partial charge in [0.2, 0.25) is 0 Å². The molecule has 0 bridgehead atoms. The Bertz CT molecular complexity index is 838. The number of hydrogen-bond acceptors (Lipinski definition) is 4. The largest absolute Gasteiger partial charge is 0.393 e. The lowest BCUT2D eigenvalue weighted by Crippen LogP contribution is -2.18. The maximum absolute atomic E-state index is 10.9. The molecule has 0 heterocycles. The van der Waals surface area contributed by atoms with Crippen molar-refractivity contribution in [2.45, 2.75) is 64.4 Å². The van der Waals surface area contributed by atoms with Crippen LogP contribution in [-0.4, -0.2) is 19.6 Å². The van der Waals surface area contributed by atoms with Crippen LogP contribution in [0.15, 0.2) is 48.5 Å². The molecule has 0 aliphatic heterocycles. The summed E-state index contributed by atoms with van der Waals surface area (Å²) in [5, 5.41) is 15.1. The molecule has 6 heteroatoms. The first-order valence-electron chi connectivity index (χ1n) is 9.61. The third kappa shape index (κ3) is 8.00. The van der Waals surface area contributed by atoms with Crippen LogP contribution in [0, 0.1) is 0 Å². The number of aryl methyl sites for hydroxylation is 1. The lowest BCUT2D eigenvalue weighted by molar-refractivity contribution is 0.161. The van der Waals surface area contributed by atoms with Crippen molar-refractivity contribution >= 4 is 10.3 Å². The molecule has 154 valence electrons. The minimum absolute atomic E-state index is 0.139. The summed E-state index contributed by atoms with van der Waals surface area (Å²) in [6.45, 7) is 6.58. The van der Waals surface area contributed by atoms with Gasteiger partial charge in [0.25, 0.3) is 0 Å². The lowest BCUT2D eigenvalue weighted by atomic mass is 9.86. The number of nitrogens with two attached hydrogens (primary N) is 1. The predicted molar refractivity (Wildman–Crippen MR) is 113 cm³/mol. The van der Waals surface area contributed by atoms with E-state index in [0.717, 1.165) is 36.8 Å². The first kappa shape index (κ1) is 22.4. The fourth-order valence-corrected chi connectivity index (χ4v) is 3.45. The highest BCUT2D eigenvalue weighted by molar-refractivity contribution is 7.84. The van der Waals surface area contributed by atoms with Gasteiger partial charge in [-0.3, -0.25) is 0 Å². The second-order valence-corrected chi connectivity index (χ2v) is 9.42. The van der Waals surface area contributed by atoms with E-state index in [-0.39, 0.29) is 17.3 Å². The van der Waals surface area contributed by atoms with Crippen molar-refractivity contribution in [3.63, 3.8) is 0 Å². The molecule has 0 aliphatic carbocycles. The van der Waals surface area contributed by atoms with Gasteiger partial charge in [-0.2, -0.15) is 13.6 Å². The van der Waals surface area contributed by atoms with Crippen LogP contribution < -0.4 is 9.32 Å². The topological polar surface area (TPSA) is 89.6 Å². The normalized spacial score (nSPS) is 13.3. The molecule has 0 fully saturated rings. The van der Waals surface area contributed by atoms with Gasteiger partial charge in [-0.15, -0.1) is 0 Å². The Labute approximate surface area is 168 Å². The summed E-state index contributed by atoms with van der Waals surface area (Å²) in [5.41, 5.74) is 3.69. The molecule has 0 aliphatic rings. The molecule has 0 saturated heterocycles. The highest BCUT2D eigenvalue weighted by atomic mass is 32.2. The zero-order chi connectivity index (χ0) is 20.8. The third-order valence-corrected chi connectivity index (χ3v) is 5.10. The second-order valence-electron chi connectivity index (χ2n) is 8.27. The summed E-state index contributed by atoms with van der Waals surface area (Å²) in [6.07, 6.45) is 3.83. The van der Waals surface area contributed by atoms with E-state index in [1.807, 2.05) is 12.1 Å². The Balaban J connectivity index is 1.71. The Hall–Kier alpha value is -1.89. The van der Waals surface area contributed by atoms with E-state index in [9.17, 15) is 13.5 Å². The van der Waals surface area contributed by atoms with Gasteiger partial charge in [-0.25, -0.2) is 0 Å². The highest BCUT2D eigenvalue weighted by Crippen LogP contribution is 2.23. The molecule has 2 aromatic carbocycles. The van der Waals surface area contributed by atoms with Gasteiger partial charge in [0.15, 0.2) is 0 Å². The first-order valence-corrected chi connectivity index (χ1v) is 11.1. The smallest absolute Gasteiger partial charge is 0.380 e. The molecule has 28 heavy (non-hydrogen) atoms. The molecule has 2 rings (SSSR count). The molecular weight excluding hydrogens is 374 g/mol. The number of rotatable bonds is 9. The Morgan fingerprint density at radius 2 is 1.54 bits per heavy atom. The average molecular weight is 406 g/mol. The lowest BCUT2D eigenvalue weighted by Gasteiger charge is -2.19. The molecule has 0 amide bonds. The summed E-state index contributed by atoms with van der Waals surface area (Å²) >= 11 is 0. The zero-order valence-corrected chi connectivity index (χ0v) is 17.7. The van der Waals surface area contributed by atoms with E-state index < -0.39 is 10.3 Å². The van der Waals surface area contributed by atoms with Crippen LogP contribution in [0.4, 0.5) is 0 Å². The van der Waals surface area contributed by atoms with Crippen molar-refractivity contribution in [2.24, 2.45) is 5.14 Å². The van der Waals surface area contributed by atoms with E-state index in [1.54, 1.807) is 12.1 Å². The Kier molecular flexibility index (Phi) is 7.63. The van der Waals surface area contributed by atoms with Crippen molar-refractivity contribution in [1.29, 1.82) is 0 Å². The van der Waals surface area contributed by atoms with E-state index in [0.29, 0.717) is 6.42 Å². The van der Waals surface area contributed by atoms with E-state index >= 15 is 0 Å². The molecule has 0 radical (unpaired) electrons. The van der Waals surface area contributed by atoms with Crippen LogP contribution in [0.25, 0.3) is 0 Å². The Morgan fingerprint density at radius 1 is 0.964 bits per heavy atom. The minimum atomic E-state index is -3.98. The maximum Gasteiger partial charge on any atom is 0.380 e. The summed E-state index contributed by atoms with van der Waals surface area (Å²) in [7, 11) is -3.98. The SMILES string of the molecule is CC(C)(C)c1ccc(CC(O)CCCCc2ccc(OS(N)(=O)=O)cc2)cc1. The summed E-state index contributed by atoms with van der Waals surface area (Å²) < 4.78 is 26.4. The van der Waals surface area contributed by atoms with Gasteiger partial charge in [-0.1, -0.05) is 63.6 Å². The van der Waals surface area contributed by atoms with Crippen LogP contribution in [0.1, 0.15) is 56.7 Å². The first-order chi connectivity index (χ1) is 13.0. The number of benzene rings is 2. The summed E-state index contributed by atoms with van der Waals surface area (Å²) in [6, 6.07) is 15.3. The van der Waals surface area contributed by atoms with Gasteiger partial charge in [-0.05, 0) is 59.9 Å². The second kappa shape index (κ2) is 9.54. The van der Waals surface area contributed by atoms with E-state index in [4.69, 9.17) is 5.14 Å². The van der Waals surface area contributed by atoms with Gasteiger partial charge in [0.05, 0.1) is 6.10 Å². The fourth-order valence-electron chi connectivity index (χ4n) is 3.07. The molecular formula is C22H31NO4S. The summed E-state index contributed by atoms with van der Waals surface area (Å²) in [5.74, 6) is 0.208. The van der Waals surface area contributed by atoms with Crippen LogP contribution >= 0.6 is 0 Å². The van der Waals surface area contributed by atoms with Crippen LogP contribution in [0.2, 0.25) is 0 Å². The van der Waals surface area contributed by atoms with Crippen molar-refractivity contribution in [1.82, 2.24) is 0 Å². The maximum atomic E-state index is 10.9. The van der Waals surface area contributed by atoms with Crippen LogP contribution in [-0.2, 0) is 28.6 Å². The number of unbranched alkanes of at least 4 members (excludes halogenated alkanes) is 1. The zero-order valence-electron chi connectivity index (χ0n) is 16.9. The monoisotopic (exact) mass is 405 g/mol. The minimum Gasteiger partial charge on any atom is -0.393 e.